The van der Waals surface area contributed by atoms with Crippen molar-refractivity contribution < 1.29 is 9.50 Å². The summed E-state index contributed by atoms with van der Waals surface area (Å²) in [5.41, 5.74) is 5.44. The molecular weight excluding hydrogens is 389 g/mol. The second kappa shape index (κ2) is 8.03. The normalized spacial score (nSPS) is 11.1. The van der Waals surface area contributed by atoms with Crippen LogP contribution in [0.2, 0.25) is 0 Å². The van der Waals surface area contributed by atoms with Crippen LogP contribution in [0.5, 0.6) is 5.88 Å². The molecule has 0 radical (unpaired) electrons. The van der Waals surface area contributed by atoms with Gasteiger partial charge < -0.3 is 5.11 Å². The third-order valence-electron chi connectivity index (χ3n) is 5.26. The van der Waals surface area contributed by atoms with E-state index in [1.807, 2.05) is 66.7 Å². The highest BCUT2D eigenvalue weighted by Crippen LogP contribution is 2.28. The molecule has 0 unspecified atom stereocenters. The lowest BCUT2D eigenvalue weighted by molar-refractivity contribution is 0.442. The fourth-order valence-corrected chi connectivity index (χ4v) is 3.76. The third kappa shape index (κ3) is 3.90. The van der Waals surface area contributed by atoms with Crippen molar-refractivity contribution in [2.45, 2.75) is 12.8 Å². The average molecular weight is 409 g/mol. The minimum atomic E-state index is -0.307. The van der Waals surface area contributed by atoms with Crippen LogP contribution in [0, 0.1) is 5.82 Å². The van der Waals surface area contributed by atoms with Crippen LogP contribution in [-0.2, 0) is 12.8 Å². The number of halogens is 1. The largest absolute Gasteiger partial charge is 0.493 e. The third-order valence-corrected chi connectivity index (χ3v) is 5.26. The summed E-state index contributed by atoms with van der Waals surface area (Å²) in [6.07, 6.45) is 2.72. The van der Waals surface area contributed by atoms with E-state index >= 15 is 0 Å². The van der Waals surface area contributed by atoms with E-state index in [4.69, 9.17) is 9.97 Å². The fourth-order valence-electron chi connectivity index (χ4n) is 3.76. The molecule has 152 valence electrons. The lowest BCUT2D eigenvalue weighted by atomic mass is 10.1. The van der Waals surface area contributed by atoms with Gasteiger partial charge in [-0.1, -0.05) is 72.8 Å². The summed E-state index contributed by atoms with van der Waals surface area (Å²) in [4.78, 5) is 9.58. The Balaban J connectivity index is 1.65. The first-order chi connectivity index (χ1) is 15.2. The average Bonchev–Trinajstić information content (AvgIpc) is 3.11. The second-order valence-electron chi connectivity index (χ2n) is 7.48. The molecule has 0 aliphatic carbocycles. The van der Waals surface area contributed by atoms with Gasteiger partial charge in [0.1, 0.15) is 11.5 Å². The molecule has 2 heterocycles. The molecule has 5 rings (SSSR count). The van der Waals surface area contributed by atoms with Crippen LogP contribution in [-0.4, -0.2) is 19.5 Å². The first kappa shape index (κ1) is 19.0. The van der Waals surface area contributed by atoms with E-state index in [-0.39, 0.29) is 11.7 Å². The zero-order valence-corrected chi connectivity index (χ0v) is 16.7. The smallest absolute Gasteiger partial charge is 0.219 e. The van der Waals surface area contributed by atoms with Crippen LogP contribution < -0.4 is 0 Å². The lowest BCUT2D eigenvalue weighted by Crippen LogP contribution is -2.00. The molecule has 3 aromatic carbocycles. The maximum Gasteiger partial charge on any atom is 0.219 e. The number of hydrogen-bond donors (Lipinski definition) is 1. The summed E-state index contributed by atoms with van der Waals surface area (Å²) < 4.78 is 15.3. The Morgan fingerprint density at radius 3 is 2.16 bits per heavy atom. The van der Waals surface area contributed by atoms with Crippen molar-refractivity contribution in [2.24, 2.45) is 0 Å². The van der Waals surface area contributed by atoms with Gasteiger partial charge in [-0.2, -0.15) is 0 Å². The first-order valence-corrected chi connectivity index (χ1v) is 10.1. The van der Waals surface area contributed by atoms with Gasteiger partial charge in [0.2, 0.25) is 5.88 Å². The van der Waals surface area contributed by atoms with Crippen molar-refractivity contribution >= 4 is 5.65 Å². The van der Waals surface area contributed by atoms with Crippen molar-refractivity contribution in [1.82, 2.24) is 14.4 Å². The number of imidazole rings is 1. The van der Waals surface area contributed by atoms with E-state index in [2.05, 4.69) is 0 Å². The molecule has 2 aromatic heterocycles. The number of nitrogens with zero attached hydrogens (tertiary/aromatic N) is 3. The molecule has 1 N–H and O–H groups in total. The summed E-state index contributed by atoms with van der Waals surface area (Å²) in [5.74, 6) is -0.258. The fraction of sp³-hybridized carbons (Fsp3) is 0.0769. The molecule has 0 saturated heterocycles. The van der Waals surface area contributed by atoms with Crippen LogP contribution in [0.4, 0.5) is 4.39 Å². The Morgan fingerprint density at radius 1 is 0.742 bits per heavy atom. The zero-order chi connectivity index (χ0) is 21.2. The standard InChI is InChI=1S/C26H20FN3O/c27-21-13-7-10-19(14-21)16-23-26(31)30-17-24(20-11-5-2-6-12-20)28-22(25(30)29-23)15-18-8-3-1-4-9-18/h1-14,17,31H,15-16H2. The van der Waals surface area contributed by atoms with Gasteiger partial charge in [-0.25, -0.2) is 14.4 Å². The highest BCUT2D eigenvalue weighted by atomic mass is 19.1. The Hall–Kier alpha value is -3.99. The Morgan fingerprint density at radius 2 is 1.42 bits per heavy atom. The molecule has 0 aliphatic rings. The van der Waals surface area contributed by atoms with Gasteiger partial charge in [-0.15, -0.1) is 0 Å². The maximum atomic E-state index is 13.6. The molecule has 0 fully saturated rings. The van der Waals surface area contributed by atoms with E-state index < -0.39 is 0 Å². The quantitative estimate of drug-likeness (QED) is 0.422. The van der Waals surface area contributed by atoms with Crippen molar-refractivity contribution in [2.75, 3.05) is 0 Å². The van der Waals surface area contributed by atoms with E-state index in [0.717, 1.165) is 28.1 Å². The Kier molecular flexibility index (Phi) is 4.92. The van der Waals surface area contributed by atoms with Crippen LogP contribution in [0.25, 0.3) is 16.9 Å². The molecule has 0 saturated carbocycles. The van der Waals surface area contributed by atoms with Crippen molar-refractivity contribution in [1.29, 1.82) is 0 Å². The van der Waals surface area contributed by atoms with Crippen LogP contribution in [0.3, 0.4) is 0 Å². The van der Waals surface area contributed by atoms with Gasteiger partial charge >= 0.3 is 0 Å². The summed E-state index contributed by atoms with van der Waals surface area (Å²) >= 11 is 0. The Labute approximate surface area is 179 Å². The van der Waals surface area contributed by atoms with E-state index in [1.54, 1.807) is 16.7 Å². The minimum absolute atomic E-state index is 0.0492. The van der Waals surface area contributed by atoms with Crippen LogP contribution in [0.15, 0.2) is 91.1 Å². The van der Waals surface area contributed by atoms with Crippen LogP contribution in [0.1, 0.15) is 22.5 Å². The summed E-state index contributed by atoms with van der Waals surface area (Å²) in [6.45, 7) is 0. The predicted octanol–water partition coefficient (Wildman–Crippen LogP) is 5.42. The van der Waals surface area contributed by atoms with Gasteiger partial charge in [-0.3, -0.25) is 4.40 Å². The molecule has 31 heavy (non-hydrogen) atoms. The first-order valence-electron chi connectivity index (χ1n) is 10.1. The van der Waals surface area contributed by atoms with Gasteiger partial charge in [0.25, 0.3) is 0 Å². The van der Waals surface area contributed by atoms with Crippen LogP contribution >= 0.6 is 0 Å². The highest BCUT2D eigenvalue weighted by molar-refractivity contribution is 5.63. The zero-order valence-electron chi connectivity index (χ0n) is 16.7. The number of benzene rings is 3. The lowest BCUT2D eigenvalue weighted by Gasteiger charge is -2.08. The van der Waals surface area contributed by atoms with E-state index in [1.165, 1.54) is 12.1 Å². The summed E-state index contributed by atoms with van der Waals surface area (Å²) in [7, 11) is 0. The molecule has 0 aliphatic heterocycles. The van der Waals surface area contributed by atoms with Gasteiger partial charge in [0.15, 0.2) is 5.65 Å². The minimum Gasteiger partial charge on any atom is -0.493 e. The van der Waals surface area contributed by atoms with E-state index in [9.17, 15) is 9.50 Å². The predicted molar refractivity (Wildman–Crippen MR) is 119 cm³/mol. The molecular formula is C26H20FN3O. The molecule has 4 nitrogen and oxygen atoms in total. The number of hydrogen-bond acceptors (Lipinski definition) is 3. The number of rotatable bonds is 5. The maximum absolute atomic E-state index is 13.6. The van der Waals surface area contributed by atoms with E-state index in [0.29, 0.717) is 24.2 Å². The second-order valence-corrected chi connectivity index (χ2v) is 7.48. The molecule has 5 aromatic rings. The van der Waals surface area contributed by atoms with Crippen molar-refractivity contribution in [3.05, 3.63) is 119 Å². The molecule has 0 bridgehead atoms. The summed E-state index contributed by atoms with van der Waals surface area (Å²) in [6, 6.07) is 26.3. The monoisotopic (exact) mass is 409 g/mol. The SMILES string of the molecule is Oc1c(Cc2cccc(F)c2)nc2c(Cc3ccccc3)nc(-c3ccccc3)cn12. The number of aromatic hydroxyl groups is 1. The van der Waals surface area contributed by atoms with Gasteiger partial charge in [-0.05, 0) is 23.3 Å². The molecule has 0 amide bonds. The number of fused-ring (bicyclic) bond motifs is 1. The van der Waals surface area contributed by atoms with Crippen molar-refractivity contribution in [3.63, 3.8) is 0 Å². The molecule has 0 atom stereocenters. The molecule has 0 spiro atoms. The van der Waals surface area contributed by atoms with Crippen molar-refractivity contribution in [3.8, 4) is 17.1 Å². The molecule has 5 heteroatoms. The van der Waals surface area contributed by atoms with Gasteiger partial charge in [0.05, 0.1) is 11.4 Å². The van der Waals surface area contributed by atoms with Gasteiger partial charge in [0, 0.05) is 24.6 Å². The topological polar surface area (TPSA) is 50.4 Å². The highest BCUT2D eigenvalue weighted by Gasteiger charge is 2.18. The number of aromatic nitrogens is 3. The Bertz CT molecular complexity index is 1350. The summed E-state index contributed by atoms with van der Waals surface area (Å²) in [5, 5.41) is 11.0.